The Kier molecular flexibility index (Phi) is 13.5. The number of carbonyl (C=O) groups excluding carboxylic acids is 1. The summed E-state index contributed by atoms with van der Waals surface area (Å²) < 4.78 is 6.27. The molecular formula is C28H43N2O2Y+. The number of methoxy groups -OCH3 is 1. The second kappa shape index (κ2) is 14.9. The van der Waals surface area contributed by atoms with Gasteiger partial charge in [0, 0.05) is 44.8 Å². The molecule has 0 aromatic heterocycles. The number of benzene rings is 2. The van der Waals surface area contributed by atoms with Gasteiger partial charge in [-0.2, -0.15) is 0 Å². The molecule has 0 aliphatic carbocycles. The van der Waals surface area contributed by atoms with Gasteiger partial charge < -0.3 is 14.5 Å². The number of nitrogens with zero attached hydrogens (tertiary/aromatic N) is 1. The van der Waals surface area contributed by atoms with Crippen LogP contribution in [0, 0.1) is 20.8 Å². The van der Waals surface area contributed by atoms with Gasteiger partial charge in [-0.25, -0.2) is 0 Å². The number of amides is 1. The van der Waals surface area contributed by atoms with Crippen molar-refractivity contribution in [2.24, 2.45) is 0 Å². The van der Waals surface area contributed by atoms with Gasteiger partial charge in [-0.05, 0) is 76.6 Å². The molecule has 1 saturated heterocycles. The zero-order valence-electron chi connectivity index (χ0n) is 21.6. The summed E-state index contributed by atoms with van der Waals surface area (Å²) in [6.07, 6.45) is 5.95. The van der Waals surface area contributed by atoms with E-state index in [1.54, 1.807) is 7.11 Å². The van der Waals surface area contributed by atoms with E-state index in [2.05, 4.69) is 38.2 Å². The first-order valence-corrected chi connectivity index (χ1v) is 12.2. The molecule has 3 rings (SSSR count). The second-order valence-corrected chi connectivity index (χ2v) is 9.10. The van der Waals surface area contributed by atoms with Gasteiger partial charge in [0.2, 0.25) is 0 Å². The van der Waals surface area contributed by atoms with Gasteiger partial charge in [-0.3, -0.25) is 4.79 Å². The van der Waals surface area contributed by atoms with E-state index in [9.17, 15) is 4.79 Å². The van der Waals surface area contributed by atoms with Crippen molar-refractivity contribution >= 4 is 11.6 Å². The van der Waals surface area contributed by atoms with Crippen LogP contribution in [0.15, 0.2) is 42.5 Å². The summed E-state index contributed by atoms with van der Waals surface area (Å²) in [6.45, 7) is 13.8. The van der Waals surface area contributed by atoms with Crippen LogP contribution in [-0.2, 0) is 37.5 Å². The fourth-order valence-electron chi connectivity index (χ4n) is 4.97. The fourth-order valence-corrected chi connectivity index (χ4v) is 4.97. The Balaban J connectivity index is 0.000000581. The molecule has 1 N–H and O–H groups in total. The molecule has 1 amide bonds. The van der Waals surface area contributed by atoms with Crippen molar-refractivity contribution in [2.45, 2.75) is 72.8 Å². The van der Waals surface area contributed by atoms with Crippen LogP contribution >= 0.6 is 0 Å². The monoisotopic (exact) mass is 528 g/mol. The molecule has 1 fully saturated rings. The molecule has 1 aliphatic heterocycles. The van der Waals surface area contributed by atoms with Crippen LogP contribution in [-0.4, -0.2) is 43.2 Å². The molecule has 33 heavy (non-hydrogen) atoms. The number of hydrogen-bond donors (Lipinski definition) is 1. The third-order valence-electron chi connectivity index (χ3n) is 6.87. The van der Waals surface area contributed by atoms with Crippen LogP contribution in [0.4, 0.5) is 5.69 Å². The van der Waals surface area contributed by atoms with Gasteiger partial charge in [-0.1, -0.05) is 42.8 Å². The Bertz CT molecular complexity index is 823. The third-order valence-corrected chi connectivity index (χ3v) is 6.87. The number of likely N-dealkylation sites (tertiary alicyclic amines) is 1. The number of aryl methyl sites for hydroxylation is 3. The standard InChI is InChI=1S/C21H34N2O2.C7H8.Y/c1-6-19(23(7-2)12-10-8-9-11-13-23)21(24)22-20-16(3)14-18(25-5)15-17(20)4;1-7-5-3-2-4-6-7;/h14-15,19H,6-13H2,1-5H3;2-6H,1H3;/p+1. The van der Waals surface area contributed by atoms with E-state index in [0.29, 0.717) is 0 Å². The van der Waals surface area contributed by atoms with E-state index in [0.717, 1.165) is 53.1 Å². The summed E-state index contributed by atoms with van der Waals surface area (Å²) in [4.78, 5) is 13.2. The molecule has 1 unspecified atom stereocenters. The summed E-state index contributed by atoms with van der Waals surface area (Å²) in [5.74, 6) is 1.01. The van der Waals surface area contributed by atoms with Gasteiger partial charge >= 0.3 is 0 Å². The Morgan fingerprint density at radius 3 is 1.91 bits per heavy atom. The second-order valence-electron chi connectivity index (χ2n) is 9.10. The van der Waals surface area contributed by atoms with Crippen LogP contribution in [0.1, 0.15) is 62.6 Å². The van der Waals surface area contributed by atoms with E-state index in [-0.39, 0.29) is 44.7 Å². The maximum atomic E-state index is 13.2. The molecule has 179 valence electrons. The summed E-state index contributed by atoms with van der Waals surface area (Å²) in [7, 11) is 1.67. The van der Waals surface area contributed by atoms with E-state index in [4.69, 9.17) is 4.74 Å². The average molecular weight is 529 g/mol. The first-order chi connectivity index (χ1) is 15.4. The van der Waals surface area contributed by atoms with Crippen LogP contribution in [0.2, 0.25) is 0 Å². The topological polar surface area (TPSA) is 38.3 Å². The minimum Gasteiger partial charge on any atom is -0.497 e. The number of likely N-dealkylation sites (N-methyl/N-ethyl adjacent to an activating group) is 1. The first-order valence-electron chi connectivity index (χ1n) is 12.2. The molecule has 1 aliphatic rings. The largest absolute Gasteiger partial charge is 0.497 e. The van der Waals surface area contributed by atoms with Gasteiger partial charge in [0.25, 0.3) is 5.91 Å². The Labute approximate surface area is 227 Å². The number of hydrogen-bond acceptors (Lipinski definition) is 2. The minimum absolute atomic E-state index is 0. The summed E-state index contributed by atoms with van der Waals surface area (Å²) >= 11 is 0. The molecule has 2 aromatic rings. The van der Waals surface area contributed by atoms with Crippen molar-refractivity contribution in [3.05, 3.63) is 59.2 Å². The van der Waals surface area contributed by atoms with E-state index in [1.165, 1.54) is 31.2 Å². The van der Waals surface area contributed by atoms with Crippen molar-refractivity contribution in [3.8, 4) is 5.75 Å². The maximum absolute atomic E-state index is 13.2. The van der Waals surface area contributed by atoms with Gasteiger partial charge in [0.05, 0.1) is 26.7 Å². The number of anilines is 1. The molecule has 0 spiro atoms. The van der Waals surface area contributed by atoms with Crippen LogP contribution in [0.25, 0.3) is 0 Å². The maximum Gasteiger partial charge on any atom is 0.282 e. The average Bonchev–Trinajstić information content (AvgIpc) is 3.04. The summed E-state index contributed by atoms with van der Waals surface area (Å²) in [5, 5.41) is 3.25. The third kappa shape index (κ3) is 8.49. The van der Waals surface area contributed by atoms with Gasteiger partial charge in [0.15, 0.2) is 6.04 Å². The van der Waals surface area contributed by atoms with Crippen LogP contribution in [0.5, 0.6) is 5.75 Å². The fraction of sp³-hybridized carbons (Fsp3) is 0.536. The smallest absolute Gasteiger partial charge is 0.282 e. The number of nitrogens with one attached hydrogen (secondary N) is 1. The summed E-state index contributed by atoms with van der Waals surface area (Å²) in [5.41, 5.74) is 4.37. The molecule has 2 aromatic carbocycles. The zero-order chi connectivity index (χ0) is 23.6. The van der Waals surface area contributed by atoms with Gasteiger partial charge in [-0.15, -0.1) is 0 Å². The normalized spacial score (nSPS) is 15.7. The first kappa shape index (κ1) is 29.8. The van der Waals surface area contributed by atoms with E-state index in [1.807, 2.05) is 44.2 Å². The van der Waals surface area contributed by atoms with Crippen LogP contribution in [0.3, 0.4) is 0 Å². The molecule has 0 saturated carbocycles. The number of ether oxygens (including phenoxy) is 1. The van der Waals surface area contributed by atoms with Crippen molar-refractivity contribution in [3.63, 3.8) is 0 Å². The predicted molar refractivity (Wildman–Crippen MR) is 135 cm³/mol. The van der Waals surface area contributed by atoms with Crippen molar-refractivity contribution in [1.82, 2.24) is 0 Å². The number of rotatable bonds is 6. The predicted octanol–water partition coefficient (Wildman–Crippen LogP) is 6.43. The van der Waals surface area contributed by atoms with E-state index < -0.39 is 0 Å². The molecule has 1 heterocycles. The molecule has 4 nitrogen and oxygen atoms in total. The van der Waals surface area contributed by atoms with Crippen LogP contribution < -0.4 is 10.1 Å². The van der Waals surface area contributed by atoms with Crippen molar-refractivity contribution < 1.29 is 46.7 Å². The number of carbonyl (C=O) groups is 1. The minimum atomic E-state index is 0. The summed E-state index contributed by atoms with van der Waals surface area (Å²) in [6, 6.07) is 14.3. The Morgan fingerprint density at radius 2 is 1.52 bits per heavy atom. The SMILES string of the molecule is CCC(C(=O)Nc1c(C)cc(OC)cc1C)[N+]1(CC)CCCCCC1.Cc1ccccc1.[Y]. The van der Waals surface area contributed by atoms with Gasteiger partial charge in [0.1, 0.15) is 5.75 Å². The molecule has 0 bridgehead atoms. The molecule has 5 heteroatoms. The molecule has 1 atom stereocenters. The Hall–Kier alpha value is -1.23. The number of quaternary nitrogens is 1. The van der Waals surface area contributed by atoms with E-state index >= 15 is 0 Å². The quantitative estimate of drug-likeness (QED) is 0.439. The van der Waals surface area contributed by atoms with Crippen molar-refractivity contribution in [2.75, 3.05) is 32.1 Å². The zero-order valence-corrected chi connectivity index (χ0v) is 24.5. The molecule has 1 radical (unpaired) electrons. The Morgan fingerprint density at radius 1 is 0.970 bits per heavy atom. The molecular weight excluding hydrogens is 485 g/mol. The van der Waals surface area contributed by atoms with Crippen molar-refractivity contribution in [1.29, 1.82) is 0 Å².